The second kappa shape index (κ2) is 3.57. The summed E-state index contributed by atoms with van der Waals surface area (Å²) in [7, 11) is 2.03. The molecule has 1 aromatic heterocycles. The summed E-state index contributed by atoms with van der Waals surface area (Å²) in [6.45, 7) is 0. The fraction of sp³-hybridized carbons (Fsp3) is 0.500. The van der Waals surface area contributed by atoms with Crippen LogP contribution >= 0.6 is 15.9 Å². The predicted molar refractivity (Wildman–Crippen MR) is 48.0 cm³/mol. The van der Waals surface area contributed by atoms with Crippen LogP contribution in [0.25, 0.3) is 0 Å². The lowest BCUT2D eigenvalue weighted by Crippen LogP contribution is -1.95. The summed E-state index contributed by atoms with van der Waals surface area (Å²) in [5, 5.41) is 1.29. The Bertz CT molecular complexity index is 222. The minimum Gasteiger partial charge on any atom is -0.337 e. The van der Waals surface area contributed by atoms with E-state index in [1.54, 1.807) is 0 Å². The lowest BCUT2D eigenvalue weighted by molar-refractivity contribution is 0.807. The van der Waals surface area contributed by atoms with E-state index >= 15 is 0 Å². The van der Waals surface area contributed by atoms with Crippen molar-refractivity contribution in [3.8, 4) is 0 Å². The minimum atomic E-state index is 0.945. The van der Waals surface area contributed by atoms with Crippen molar-refractivity contribution in [1.29, 1.82) is 0 Å². The van der Waals surface area contributed by atoms with E-state index in [0.717, 1.165) is 11.0 Å². The zero-order valence-electron chi connectivity index (χ0n) is 6.26. The highest BCUT2D eigenvalue weighted by molar-refractivity contribution is 9.10. The van der Waals surface area contributed by atoms with E-state index in [0.29, 0.717) is 0 Å². The Morgan fingerprint density at radius 1 is 1.80 bits per heavy atom. The molecule has 0 radical (unpaired) electrons. The van der Waals surface area contributed by atoms with E-state index in [-0.39, 0.29) is 0 Å². The molecule has 54 valence electrons. The summed E-state index contributed by atoms with van der Waals surface area (Å²) in [4.78, 5) is 4.30. The van der Waals surface area contributed by atoms with Gasteiger partial charge in [-0.2, -0.15) is 0 Å². The molecule has 0 atom stereocenters. The molecule has 1 aromatic rings. The van der Waals surface area contributed by atoms with Crippen LogP contribution in [-0.4, -0.2) is 25.8 Å². The average molecular weight is 217 g/mol. The van der Waals surface area contributed by atoms with Gasteiger partial charge in [0.05, 0.1) is 0 Å². The van der Waals surface area contributed by atoms with Crippen molar-refractivity contribution in [2.75, 3.05) is 0 Å². The average Bonchev–Trinajstić information content (AvgIpc) is 2.13. The molecule has 0 aromatic carbocycles. The molecule has 0 bridgehead atoms. The molecule has 0 aliphatic carbocycles. The number of rotatable bonds is 2. The van der Waals surface area contributed by atoms with Gasteiger partial charge >= 0.3 is 0 Å². The lowest BCUT2D eigenvalue weighted by atomic mass is 10.4. The maximum absolute atomic E-state index is 4.30. The fourth-order valence-corrected chi connectivity index (χ4v) is 1.88. The van der Waals surface area contributed by atoms with E-state index in [9.17, 15) is 0 Å². The Hall–Kier alpha value is 0.222. The largest absolute Gasteiger partial charge is 0.337 e. The SMILES string of the molecule is Cn1cc(Br)nc1C[CH2][AlH2]. The third-order valence-electron chi connectivity index (χ3n) is 1.42. The molecule has 0 spiro atoms. The number of aromatic nitrogens is 2. The predicted octanol–water partition coefficient (Wildman–Crippen LogP) is 0.776. The zero-order chi connectivity index (χ0) is 7.56. The number of nitrogens with zero attached hydrogens (tertiary/aromatic N) is 2. The summed E-state index contributed by atoms with van der Waals surface area (Å²) in [6.07, 6.45) is 3.11. The Morgan fingerprint density at radius 2 is 2.50 bits per heavy atom. The van der Waals surface area contributed by atoms with Crippen LogP contribution in [0.3, 0.4) is 0 Å². The first-order valence-corrected chi connectivity index (χ1v) is 5.62. The molecule has 2 nitrogen and oxygen atoms in total. The normalized spacial score (nSPS) is 10.2. The van der Waals surface area contributed by atoms with Gasteiger partial charge in [-0.05, 0) is 22.4 Å². The third-order valence-corrected chi connectivity index (χ3v) is 2.30. The first-order valence-electron chi connectivity index (χ1n) is 3.41. The van der Waals surface area contributed by atoms with Crippen LogP contribution in [0.4, 0.5) is 0 Å². The molecule has 0 N–H and O–H groups in total. The number of hydrogen-bond acceptors (Lipinski definition) is 1. The summed E-state index contributed by atoms with van der Waals surface area (Å²) < 4.78 is 3.02. The second-order valence-corrected chi connectivity index (χ2v) is 4.15. The maximum Gasteiger partial charge on any atom is 0.212 e. The van der Waals surface area contributed by atoms with Gasteiger partial charge in [-0.1, -0.05) is 5.28 Å². The van der Waals surface area contributed by atoms with E-state index in [2.05, 4.69) is 25.5 Å². The molecule has 0 aliphatic heterocycles. The Kier molecular flexibility index (Phi) is 2.97. The quantitative estimate of drug-likeness (QED) is 0.669. The first kappa shape index (κ1) is 8.32. The van der Waals surface area contributed by atoms with Crippen molar-refractivity contribution in [2.45, 2.75) is 11.7 Å². The van der Waals surface area contributed by atoms with E-state index in [1.165, 1.54) is 27.4 Å². The molecule has 0 aliphatic rings. The summed E-state index contributed by atoms with van der Waals surface area (Å²) in [5.74, 6) is 1.18. The van der Waals surface area contributed by atoms with Crippen molar-refractivity contribution in [1.82, 2.24) is 9.55 Å². The van der Waals surface area contributed by atoms with E-state index < -0.39 is 0 Å². The Morgan fingerprint density at radius 3 is 2.90 bits per heavy atom. The fourth-order valence-electron chi connectivity index (χ4n) is 0.921. The van der Waals surface area contributed by atoms with Gasteiger partial charge < -0.3 is 4.57 Å². The summed E-state index contributed by atoms with van der Waals surface area (Å²) >= 11 is 4.59. The van der Waals surface area contributed by atoms with Crippen molar-refractivity contribution in [3.63, 3.8) is 0 Å². The van der Waals surface area contributed by atoms with Crippen LogP contribution in [-0.2, 0) is 13.5 Å². The van der Waals surface area contributed by atoms with E-state index in [1.807, 2.05) is 13.2 Å². The zero-order valence-corrected chi connectivity index (χ0v) is 9.85. The molecule has 0 fully saturated rings. The highest BCUT2D eigenvalue weighted by atomic mass is 79.9. The van der Waals surface area contributed by atoms with Crippen molar-refractivity contribution in [3.05, 3.63) is 16.6 Å². The van der Waals surface area contributed by atoms with Crippen LogP contribution in [0.5, 0.6) is 0 Å². The molecule has 0 amide bonds. The monoisotopic (exact) mass is 216 g/mol. The molecule has 1 rings (SSSR count). The molecular formula is C6H10AlBrN2. The van der Waals surface area contributed by atoms with Crippen molar-refractivity contribution < 1.29 is 0 Å². The van der Waals surface area contributed by atoms with Crippen molar-refractivity contribution >= 4 is 32.2 Å². The van der Waals surface area contributed by atoms with Crippen LogP contribution in [0.2, 0.25) is 5.28 Å². The lowest BCUT2D eigenvalue weighted by Gasteiger charge is -1.95. The highest BCUT2D eigenvalue weighted by Gasteiger charge is 1.99. The minimum absolute atomic E-state index is 0.945. The van der Waals surface area contributed by atoms with Crippen molar-refractivity contribution in [2.24, 2.45) is 7.05 Å². The number of imidazole rings is 1. The van der Waals surface area contributed by atoms with Crippen LogP contribution in [0, 0.1) is 0 Å². The molecule has 0 unspecified atom stereocenters. The van der Waals surface area contributed by atoms with Gasteiger partial charge in [0.15, 0.2) is 0 Å². The van der Waals surface area contributed by atoms with Gasteiger partial charge in [-0.25, -0.2) is 4.98 Å². The Balaban J connectivity index is 2.81. The Labute approximate surface area is 77.2 Å². The van der Waals surface area contributed by atoms with Gasteiger partial charge in [0.1, 0.15) is 10.4 Å². The smallest absolute Gasteiger partial charge is 0.212 e. The number of aryl methyl sites for hydroxylation is 2. The van der Waals surface area contributed by atoms with Gasteiger partial charge in [0.2, 0.25) is 16.3 Å². The molecule has 10 heavy (non-hydrogen) atoms. The second-order valence-electron chi connectivity index (χ2n) is 2.34. The molecule has 0 saturated carbocycles. The highest BCUT2D eigenvalue weighted by Crippen LogP contribution is 2.08. The van der Waals surface area contributed by atoms with Gasteiger partial charge in [-0.15, -0.1) is 0 Å². The third kappa shape index (κ3) is 1.85. The standard InChI is InChI=1S/C6H8BrN2.Al.2H/c1-3-6-8-5(7)4-9(6)2;;;/h4H,1,3H2,2H3;;;. The number of hydrogen-bond donors (Lipinski definition) is 0. The molecular weight excluding hydrogens is 207 g/mol. The van der Waals surface area contributed by atoms with Gasteiger partial charge in [0.25, 0.3) is 0 Å². The van der Waals surface area contributed by atoms with Crippen LogP contribution in [0.15, 0.2) is 10.8 Å². The van der Waals surface area contributed by atoms with Gasteiger partial charge in [0, 0.05) is 13.2 Å². The first-order chi connectivity index (χ1) is 4.74. The van der Waals surface area contributed by atoms with Crippen LogP contribution in [0.1, 0.15) is 5.82 Å². The molecule has 1 heterocycles. The van der Waals surface area contributed by atoms with E-state index in [4.69, 9.17) is 0 Å². The molecule has 0 saturated heterocycles. The maximum atomic E-state index is 4.30. The summed E-state index contributed by atoms with van der Waals surface area (Å²) in [6, 6.07) is 0. The van der Waals surface area contributed by atoms with Gasteiger partial charge in [-0.3, -0.25) is 0 Å². The van der Waals surface area contributed by atoms with Crippen LogP contribution < -0.4 is 0 Å². The molecule has 4 heteroatoms. The summed E-state index contributed by atoms with van der Waals surface area (Å²) in [5.41, 5.74) is 0. The number of halogens is 1. The topological polar surface area (TPSA) is 17.8 Å².